The normalized spacial score (nSPS) is 21.5. The van der Waals surface area contributed by atoms with E-state index in [1.165, 1.54) is 12.8 Å². The third-order valence-corrected chi connectivity index (χ3v) is 4.43. The third kappa shape index (κ3) is 4.43. The monoisotopic (exact) mass is 322 g/mol. The summed E-state index contributed by atoms with van der Waals surface area (Å²) >= 11 is 0. The average molecular weight is 322 g/mol. The first kappa shape index (κ1) is 16.2. The second kappa shape index (κ2) is 7.29. The molecule has 1 saturated heterocycles. The minimum Gasteiger partial charge on any atom is -0.381 e. The van der Waals surface area contributed by atoms with Gasteiger partial charge in [-0.1, -0.05) is 5.16 Å². The lowest BCUT2D eigenvalue weighted by Crippen LogP contribution is -2.44. The number of carbonyl (C=O) groups is 1. The molecular formula is C16H26N4O3. The average Bonchev–Trinajstić information content (AvgIpc) is 3.27. The van der Waals surface area contributed by atoms with Gasteiger partial charge in [0.05, 0.1) is 12.5 Å². The number of carbonyl (C=O) groups excluding carboxylic acids is 1. The second-order valence-corrected chi connectivity index (χ2v) is 6.78. The van der Waals surface area contributed by atoms with Gasteiger partial charge >= 0.3 is 6.03 Å². The Bertz CT molecular complexity index is 527. The van der Waals surface area contributed by atoms with Crippen LogP contribution in [-0.2, 0) is 11.2 Å². The van der Waals surface area contributed by atoms with Crippen LogP contribution in [0.5, 0.6) is 0 Å². The van der Waals surface area contributed by atoms with Gasteiger partial charge in [0.15, 0.2) is 5.82 Å². The molecule has 2 heterocycles. The molecule has 0 radical (unpaired) electrons. The molecule has 7 heteroatoms. The van der Waals surface area contributed by atoms with Gasteiger partial charge in [-0.2, -0.15) is 4.98 Å². The van der Waals surface area contributed by atoms with Crippen LogP contribution in [0, 0.1) is 5.92 Å². The quantitative estimate of drug-likeness (QED) is 0.748. The topological polar surface area (TPSA) is 71.7 Å². The number of likely N-dealkylation sites (tertiary alicyclic amines) is 1. The van der Waals surface area contributed by atoms with Crippen molar-refractivity contribution < 1.29 is 14.1 Å². The summed E-state index contributed by atoms with van der Waals surface area (Å²) in [5.41, 5.74) is 0. The van der Waals surface area contributed by atoms with Crippen LogP contribution in [0.3, 0.4) is 0 Å². The number of hydrogen-bond acceptors (Lipinski definition) is 5. The summed E-state index contributed by atoms with van der Waals surface area (Å²) in [6.45, 7) is 2.95. The summed E-state index contributed by atoms with van der Waals surface area (Å²) in [5.74, 6) is 2.27. The molecular weight excluding hydrogens is 296 g/mol. The third-order valence-electron chi connectivity index (χ3n) is 4.43. The number of amides is 2. The molecule has 1 unspecified atom stereocenters. The highest BCUT2D eigenvalue weighted by atomic mass is 16.5. The van der Waals surface area contributed by atoms with Crippen molar-refractivity contribution in [1.29, 1.82) is 0 Å². The van der Waals surface area contributed by atoms with Crippen molar-refractivity contribution in [3.05, 3.63) is 11.7 Å². The molecule has 128 valence electrons. The van der Waals surface area contributed by atoms with Crippen LogP contribution in [0.2, 0.25) is 0 Å². The van der Waals surface area contributed by atoms with Crippen LogP contribution in [-0.4, -0.2) is 66.4 Å². The molecule has 0 bridgehead atoms. The van der Waals surface area contributed by atoms with Crippen LogP contribution in [0.4, 0.5) is 4.79 Å². The standard InChI is InChI=1S/C16H26N4O3/c1-19(2)16(21)20-8-3-4-13(10-20)15-17-14(18-23-15)7-9-22-11-12-5-6-12/h12-13H,3-11H2,1-2H3. The van der Waals surface area contributed by atoms with E-state index in [-0.39, 0.29) is 11.9 Å². The first-order chi connectivity index (χ1) is 11.1. The summed E-state index contributed by atoms with van der Waals surface area (Å²) < 4.78 is 11.0. The van der Waals surface area contributed by atoms with Crippen molar-refractivity contribution in [2.75, 3.05) is 40.4 Å². The Morgan fingerprint density at radius 1 is 1.39 bits per heavy atom. The molecule has 1 aliphatic carbocycles. The van der Waals surface area contributed by atoms with Crippen LogP contribution in [0.15, 0.2) is 4.52 Å². The van der Waals surface area contributed by atoms with E-state index in [1.807, 2.05) is 4.90 Å². The Kier molecular flexibility index (Phi) is 5.15. The summed E-state index contributed by atoms with van der Waals surface area (Å²) in [6, 6.07) is 0.0444. The van der Waals surface area contributed by atoms with Crippen molar-refractivity contribution in [2.24, 2.45) is 5.92 Å². The number of piperidine rings is 1. The fraction of sp³-hybridized carbons (Fsp3) is 0.812. The molecule has 0 N–H and O–H groups in total. The summed E-state index contributed by atoms with van der Waals surface area (Å²) in [5, 5.41) is 4.05. The maximum Gasteiger partial charge on any atom is 0.319 e. The van der Waals surface area contributed by atoms with Gasteiger partial charge < -0.3 is 19.1 Å². The Morgan fingerprint density at radius 2 is 2.22 bits per heavy atom. The maximum absolute atomic E-state index is 12.1. The highest BCUT2D eigenvalue weighted by Crippen LogP contribution is 2.29. The lowest BCUT2D eigenvalue weighted by Gasteiger charge is -2.32. The number of ether oxygens (including phenoxy) is 1. The smallest absolute Gasteiger partial charge is 0.319 e. The molecule has 1 atom stereocenters. The van der Waals surface area contributed by atoms with Crippen LogP contribution in [0.25, 0.3) is 0 Å². The van der Waals surface area contributed by atoms with Crippen LogP contribution < -0.4 is 0 Å². The molecule has 1 saturated carbocycles. The van der Waals surface area contributed by atoms with E-state index in [9.17, 15) is 4.79 Å². The summed E-state index contributed by atoms with van der Waals surface area (Å²) in [6.07, 6.45) is 5.24. The van der Waals surface area contributed by atoms with Gasteiger partial charge in [-0.05, 0) is 31.6 Å². The summed E-state index contributed by atoms with van der Waals surface area (Å²) in [7, 11) is 3.55. The Labute approximate surface area is 137 Å². The number of urea groups is 1. The van der Waals surface area contributed by atoms with Gasteiger partial charge in [0.25, 0.3) is 0 Å². The van der Waals surface area contributed by atoms with Gasteiger partial charge in [0.1, 0.15) is 0 Å². The molecule has 0 spiro atoms. The first-order valence-corrected chi connectivity index (χ1v) is 8.50. The Hall–Kier alpha value is -1.63. The number of rotatable bonds is 6. The van der Waals surface area contributed by atoms with Gasteiger partial charge in [-0.15, -0.1) is 0 Å². The van der Waals surface area contributed by atoms with Gasteiger partial charge in [-0.25, -0.2) is 4.79 Å². The van der Waals surface area contributed by atoms with Crippen molar-refractivity contribution >= 4 is 6.03 Å². The molecule has 7 nitrogen and oxygen atoms in total. The van der Waals surface area contributed by atoms with Crippen molar-refractivity contribution in [2.45, 2.75) is 38.0 Å². The molecule has 0 aromatic carbocycles. The fourth-order valence-corrected chi connectivity index (χ4v) is 2.87. The molecule has 2 amide bonds. The van der Waals surface area contributed by atoms with Gasteiger partial charge in [-0.3, -0.25) is 0 Å². The zero-order chi connectivity index (χ0) is 16.2. The van der Waals surface area contributed by atoms with Crippen molar-refractivity contribution in [3.63, 3.8) is 0 Å². The molecule has 23 heavy (non-hydrogen) atoms. The SMILES string of the molecule is CN(C)C(=O)N1CCCC(c2nc(CCOCC3CC3)no2)C1. The van der Waals surface area contributed by atoms with E-state index >= 15 is 0 Å². The highest BCUT2D eigenvalue weighted by Gasteiger charge is 2.29. The van der Waals surface area contributed by atoms with E-state index < -0.39 is 0 Å². The minimum atomic E-state index is 0.0444. The molecule has 3 rings (SSSR count). The fourth-order valence-electron chi connectivity index (χ4n) is 2.87. The van der Waals surface area contributed by atoms with Crippen molar-refractivity contribution in [1.82, 2.24) is 19.9 Å². The van der Waals surface area contributed by atoms with E-state index in [0.29, 0.717) is 31.3 Å². The van der Waals surface area contributed by atoms with E-state index in [1.54, 1.807) is 19.0 Å². The second-order valence-electron chi connectivity index (χ2n) is 6.78. The first-order valence-electron chi connectivity index (χ1n) is 8.50. The maximum atomic E-state index is 12.1. The highest BCUT2D eigenvalue weighted by molar-refractivity contribution is 5.74. The molecule has 2 aliphatic rings. The Morgan fingerprint density at radius 3 is 2.96 bits per heavy atom. The molecule has 1 aliphatic heterocycles. The number of aromatic nitrogens is 2. The van der Waals surface area contributed by atoms with E-state index in [0.717, 1.165) is 31.9 Å². The van der Waals surface area contributed by atoms with Crippen molar-refractivity contribution in [3.8, 4) is 0 Å². The lowest BCUT2D eigenvalue weighted by atomic mass is 9.98. The number of nitrogens with zero attached hydrogens (tertiary/aromatic N) is 4. The van der Waals surface area contributed by atoms with E-state index in [4.69, 9.17) is 9.26 Å². The predicted molar refractivity (Wildman–Crippen MR) is 84.2 cm³/mol. The van der Waals surface area contributed by atoms with Gasteiger partial charge in [0.2, 0.25) is 5.89 Å². The Balaban J connectivity index is 1.49. The zero-order valence-electron chi connectivity index (χ0n) is 14.0. The molecule has 2 fully saturated rings. The zero-order valence-corrected chi connectivity index (χ0v) is 14.0. The summed E-state index contributed by atoms with van der Waals surface area (Å²) in [4.78, 5) is 20.0. The van der Waals surface area contributed by atoms with Crippen LogP contribution in [0.1, 0.15) is 43.3 Å². The molecule has 1 aromatic rings. The minimum absolute atomic E-state index is 0.0444. The van der Waals surface area contributed by atoms with Gasteiger partial charge in [0, 0.05) is 40.2 Å². The number of hydrogen-bond donors (Lipinski definition) is 0. The predicted octanol–water partition coefficient (Wildman–Crippen LogP) is 1.90. The van der Waals surface area contributed by atoms with Crippen LogP contribution >= 0.6 is 0 Å². The largest absolute Gasteiger partial charge is 0.381 e. The molecule has 1 aromatic heterocycles. The van der Waals surface area contributed by atoms with E-state index in [2.05, 4.69) is 10.1 Å². The lowest BCUT2D eigenvalue weighted by molar-refractivity contribution is 0.125.